The third-order valence-electron chi connectivity index (χ3n) is 7.26. The number of piperidine rings is 1. The van der Waals surface area contributed by atoms with Crippen LogP contribution in [0.15, 0.2) is 47.1 Å². The summed E-state index contributed by atoms with van der Waals surface area (Å²) < 4.78 is 76.4. The topological polar surface area (TPSA) is 164 Å². The fraction of sp³-hybridized carbons (Fsp3) is 0.423. The van der Waals surface area contributed by atoms with Gasteiger partial charge in [-0.05, 0) is 30.5 Å². The molecule has 3 aromatic rings. The summed E-state index contributed by atoms with van der Waals surface area (Å²) in [6.07, 6.45) is -4.33. The molecule has 3 atom stereocenters. The maximum Gasteiger partial charge on any atom is 0.392 e. The molecular formula is C26H31F3N6O6S. The molecule has 0 spiro atoms. The maximum absolute atomic E-state index is 14.4. The summed E-state index contributed by atoms with van der Waals surface area (Å²) in [5.41, 5.74) is 6.96. The number of aromatic nitrogens is 2. The molecule has 12 nitrogen and oxygen atoms in total. The molecule has 0 aliphatic carbocycles. The first-order chi connectivity index (χ1) is 19.7. The Balaban J connectivity index is 1.84. The van der Waals surface area contributed by atoms with Gasteiger partial charge in [0.25, 0.3) is 16.1 Å². The fourth-order valence-corrected chi connectivity index (χ4v) is 6.28. The molecule has 2 aromatic heterocycles. The van der Waals surface area contributed by atoms with E-state index in [-0.39, 0.29) is 23.7 Å². The van der Waals surface area contributed by atoms with Gasteiger partial charge in [0.2, 0.25) is 0 Å². The van der Waals surface area contributed by atoms with E-state index < -0.39 is 64.8 Å². The van der Waals surface area contributed by atoms with Crippen molar-refractivity contribution < 1.29 is 40.7 Å². The van der Waals surface area contributed by atoms with Crippen molar-refractivity contribution in [2.45, 2.75) is 44.6 Å². The number of benzene rings is 1. The fourth-order valence-electron chi connectivity index (χ4n) is 5.01. The first-order valence-corrected chi connectivity index (χ1v) is 14.3. The molecule has 1 aliphatic rings. The lowest BCUT2D eigenvalue weighted by molar-refractivity contribution is -0.195. The van der Waals surface area contributed by atoms with Gasteiger partial charge in [0.05, 0.1) is 23.4 Å². The van der Waals surface area contributed by atoms with E-state index in [0.29, 0.717) is 10.8 Å². The molecule has 4 rings (SSSR count). The molecule has 0 bridgehead atoms. The molecule has 1 aliphatic heterocycles. The molecule has 1 saturated heterocycles. The number of rotatable bonds is 9. The number of alkyl halides is 3. The predicted molar refractivity (Wildman–Crippen MR) is 145 cm³/mol. The lowest BCUT2D eigenvalue weighted by Crippen LogP contribution is -2.58. The van der Waals surface area contributed by atoms with Gasteiger partial charge in [0, 0.05) is 45.7 Å². The molecule has 1 fully saturated rings. The number of carboxylic acid groups (broad SMARTS) is 1. The second-order valence-electron chi connectivity index (χ2n) is 10.1. The molecule has 1 aromatic carbocycles. The summed E-state index contributed by atoms with van der Waals surface area (Å²) in [5.74, 6) is -6.51. The average Bonchev–Trinajstić information content (AvgIpc) is 3.56. The van der Waals surface area contributed by atoms with Crippen LogP contribution < -0.4 is 11.1 Å². The number of carboxylic acids is 1. The number of nitrogens with one attached hydrogen (secondary N) is 1. The molecule has 16 heteroatoms. The van der Waals surface area contributed by atoms with Crippen LogP contribution in [0.5, 0.6) is 0 Å². The maximum atomic E-state index is 14.4. The van der Waals surface area contributed by atoms with E-state index in [1.807, 2.05) is 0 Å². The van der Waals surface area contributed by atoms with E-state index in [9.17, 15) is 36.3 Å². The number of carbonyl (C=O) groups excluding carboxylic acids is 1. The molecule has 0 amide bonds. The summed E-state index contributed by atoms with van der Waals surface area (Å²) in [6.45, 7) is 1.31. The van der Waals surface area contributed by atoms with Crippen LogP contribution in [0.2, 0.25) is 0 Å². The standard InChI is InChI=1S/C26H31F3N6O6S/c1-15-18(9-11-41-15)24(36)35-21(31-14-17-6-4-16(13-30)5-7-17)12-20(32-35)22-19(26(27,28)29)8-10-34(23(22)25(37)38)42(39,40)33(2)3/h4-7,9,11-12,19,22-23,31H,8,10,13-14,30H2,1-3H3,(H,37,38). The highest BCUT2D eigenvalue weighted by molar-refractivity contribution is 7.86. The van der Waals surface area contributed by atoms with Gasteiger partial charge in [-0.25, -0.2) is 0 Å². The summed E-state index contributed by atoms with van der Waals surface area (Å²) in [4.78, 5) is 26.0. The van der Waals surface area contributed by atoms with Crippen LogP contribution in [-0.4, -0.2) is 76.6 Å². The van der Waals surface area contributed by atoms with Crippen molar-refractivity contribution in [1.82, 2.24) is 18.4 Å². The van der Waals surface area contributed by atoms with Crippen molar-refractivity contribution >= 4 is 27.9 Å². The van der Waals surface area contributed by atoms with Gasteiger partial charge < -0.3 is 20.6 Å². The van der Waals surface area contributed by atoms with E-state index in [1.54, 1.807) is 24.3 Å². The minimum atomic E-state index is -4.89. The number of aliphatic carboxylic acids is 1. The molecule has 0 saturated carbocycles. The monoisotopic (exact) mass is 612 g/mol. The number of nitrogens with two attached hydrogens (primary N) is 1. The van der Waals surface area contributed by atoms with E-state index in [4.69, 9.17) is 10.2 Å². The average molecular weight is 613 g/mol. The second kappa shape index (κ2) is 11.9. The quantitative estimate of drug-likeness (QED) is 0.330. The second-order valence-corrected chi connectivity index (χ2v) is 12.2. The largest absolute Gasteiger partial charge is 0.480 e. The first-order valence-electron chi connectivity index (χ1n) is 12.9. The van der Waals surface area contributed by atoms with Crippen LogP contribution in [0.4, 0.5) is 19.0 Å². The smallest absolute Gasteiger partial charge is 0.392 e. The number of nitrogens with zero attached hydrogens (tertiary/aromatic N) is 4. The van der Waals surface area contributed by atoms with Crippen LogP contribution in [0.25, 0.3) is 0 Å². The number of furan rings is 1. The third kappa shape index (κ3) is 6.06. The number of anilines is 1. The highest BCUT2D eigenvalue weighted by Gasteiger charge is 2.57. The van der Waals surface area contributed by atoms with E-state index >= 15 is 0 Å². The zero-order valence-corrected chi connectivity index (χ0v) is 23.8. The zero-order valence-electron chi connectivity index (χ0n) is 23.0. The Labute approximate surface area is 240 Å². The summed E-state index contributed by atoms with van der Waals surface area (Å²) in [7, 11) is -2.13. The molecule has 3 unspecified atom stereocenters. The van der Waals surface area contributed by atoms with Crippen LogP contribution in [0.3, 0.4) is 0 Å². The molecule has 228 valence electrons. The Morgan fingerprint density at radius 2 is 1.83 bits per heavy atom. The molecule has 3 heterocycles. The Kier molecular flexibility index (Phi) is 8.82. The van der Waals surface area contributed by atoms with Gasteiger partial charge in [-0.15, -0.1) is 0 Å². The van der Waals surface area contributed by atoms with Gasteiger partial charge in [0.15, 0.2) is 0 Å². The molecular weight excluding hydrogens is 581 g/mol. The minimum Gasteiger partial charge on any atom is -0.480 e. The van der Waals surface area contributed by atoms with Gasteiger partial charge in [-0.2, -0.15) is 40.0 Å². The normalized spacial score (nSPS) is 20.1. The van der Waals surface area contributed by atoms with Gasteiger partial charge in [-0.1, -0.05) is 24.3 Å². The van der Waals surface area contributed by atoms with Crippen molar-refractivity contribution in [2.24, 2.45) is 11.7 Å². The third-order valence-corrected chi connectivity index (χ3v) is 9.18. The number of carbonyl (C=O) groups is 2. The summed E-state index contributed by atoms with van der Waals surface area (Å²) in [5, 5.41) is 17.3. The Morgan fingerprint density at radius 3 is 2.36 bits per heavy atom. The van der Waals surface area contributed by atoms with Gasteiger partial charge >= 0.3 is 12.1 Å². The van der Waals surface area contributed by atoms with E-state index in [2.05, 4.69) is 10.4 Å². The highest BCUT2D eigenvalue weighted by atomic mass is 32.2. The van der Waals surface area contributed by atoms with Crippen LogP contribution in [0.1, 0.15) is 45.3 Å². The molecule has 42 heavy (non-hydrogen) atoms. The van der Waals surface area contributed by atoms with Crippen molar-refractivity contribution in [3.63, 3.8) is 0 Å². The van der Waals surface area contributed by atoms with Crippen molar-refractivity contribution in [3.8, 4) is 0 Å². The number of hydrogen-bond acceptors (Lipinski definition) is 8. The highest BCUT2D eigenvalue weighted by Crippen LogP contribution is 2.47. The van der Waals surface area contributed by atoms with Crippen molar-refractivity contribution in [3.05, 3.63) is 70.8 Å². The SMILES string of the molecule is Cc1occc1C(=O)n1nc(C2C(C(=O)O)N(S(=O)(=O)N(C)C)CCC2C(F)(F)F)cc1NCc1ccc(CN)cc1. The van der Waals surface area contributed by atoms with Gasteiger partial charge in [0.1, 0.15) is 17.6 Å². The molecule has 0 radical (unpaired) electrons. The van der Waals surface area contributed by atoms with Crippen LogP contribution in [0, 0.1) is 12.8 Å². The zero-order chi connectivity index (χ0) is 31.0. The minimum absolute atomic E-state index is 0.0174. The Hall–Kier alpha value is -3.73. The summed E-state index contributed by atoms with van der Waals surface area (Å²) in [6, 6.07) is 7.54. The van der Waals surface area contributed by atoms with Crippen molar-refractivity contribution in [2.75, 3.05) is 26.0 Å². The van der Waals surface area contributed by atoms with Crippen LogP contribution in [-0.2, 0) is 28.1 Å². The number of halogens is 3. The Morgan fingerprint density at radius 1 is 1.19 bits per heavy atom. The first kappa shape index (κ1) is 31.2. The predicted octanol–water partition coefficient (Wildman–Crippen LogP) is 2.77. The Bertz CT molecular complexity index is 1550. The number of hydrogen-bond donors (Lipinski definition) is 3. The number of aryl methyl sites for hydroxylation is 1. The van der Waals surface area contributed by atoms with E-state index in [0.717, 1.165) is 40.3 Å². The van der Waals surface area contributed by atoms with Crippen LogP contribution >= 0.6 is 0 Å². The van der Waals surface area contributed by atoms with Crippen molar-refractivity contribution in [1.29, 1.82) is 0 Å². The van der Waals surface area contributed by atoms with E-state index in [1.165, 1.54) is 19.3 Å². The lowest BCUT2D eigenvalue weighted by Gasteiger charge is -2.43. The lowest BCUT2D eigenvalue weighted by atomic mass is 9.78. The summed E-state index contributed by atoms with van der Waals surface area (Å²) >= 11 is 0. The van der Waals surface area contributed by atoms with Gasteiger partial charge in [-0.3, -0.25) is 9.59 Å². The molecule has 4 N–H and O–H groups in total.